The molecule has 76 valence electrons. The fraction of sp³-hybridized carbons (Fsp3) is 0.538. The normalized spacial score (nSPS) is 21.5. The van der Waals surface area contributed by atoms with Gasteiger partial charge >= 0.3 is 0 Å². The zero-order chi connectivity index (χ0) is 10.1. The first-order valence-corrected chi connectivity index (χ1v) is 6.35. The molecule has 0 radical (unpaired) electrons. The lowest BCUT2D eigenvalue weighted by Crippen LogP contribution is -1.99. The van der Waals surface area contributed by atoms with E-state index in [4.69, 9.17) is 0 Å². The Morgan fingerprint density at radius 3 is 2.64 bits per heavy atom. The third-order valence-electron chi connectivity index (χ3n) is 3.26. The molecule has 0 bridgehead atoms. The lowest BCUT2D eigenvalue weighted by Gasteiger charge is -2.16. The molecule has 0 aliphatic heterocycles. The van der Waals surface area contributed by atoms with Gasteiger partial charge in [0.05, 0.1) is 0 Å². The fourth-order valence-corrected chi connectivity index (χ4v) is 3.39. The predicted octanol–water partition coefficient (Wildman–Crippen LogP) is 4.47. The Kier molecular flexibility index (Phi) is 2.96. The first-order chi connectivity index (χ1) is 6.70. The first-order valence-electron chi connectivity index (χ1n) is 5.43. The molecule has 1 aliphatic carbocycles. The Morgan fingerprint density at radius 1 is 1.14 bits per heavy atom. The average Bonchev–Trinajstić information content (AvgIpc) is 2.35. The number of fused-ring (bicyclic) bond motifs is 1. The molecule has 0 amide bonds. The summed E-state index contributed by atoms with van der Waals surface area (Å²) in [7, 11) is 0. The van der Waals surface area contributed by atoms with Gasteiger partial charge in [0.15, 0.2) is 0 Å². The number of benzene rings is 1. The van der Waals surface area contributed by atoms with Crippen molar-refractivity contribution in [2.75, 3.05) is 0 Å². The minimum absolute atomic E-state index is 0.583. The Labute approximate surface area is 94.8 Å². The summed E-state index contributed by atoms with van der Waals surface area (Å²) in [6.45, 7) is 4.47. The fourth-order valence-electron chi connectivity index (χ4n) is 2.43. The van der Waals surface area contributed by atoms with Crippen LogP contribution in [0.15, 0.2) is 12.1 Å². The van der Waals surface area contributed by atoms with Crippen LogP contribution in [0.5, 0.6) is 0 Å². The van der Waals surface area contributed by atoms with E-state index in [1.165, 1.54) is 36.8 Å². The van der Waals surface area contributed by atoms with Crippen LogP contribution >= 0.6 is 15.9 Å². The lowest BCUT2D eigenvalue weighted by molar-refractivity contribution is 0.707. The quantitative estimate of drug-likeness (QED) is 0.473. The molecule has 0 N–H and O–H groups in total. The maximum Gasteiger partial charge on any atom is 0.0400 e. The van der Waals surface area contributed by atoms with Crippen LogP contribution in [0.3, 0.4) is 0 Å². The van der Waals surface area contributed by atoms with Gasteiger partial charge in [0.25, 0.3) is 0 Å². The van der Waals surface area contributed by atoms with Gasteiger partial charge < -0.3 is 0 Å². The summed E-state index contributed by atoms with van der Waals surface area (Å²) in [5, 5.41) is 0. The van der Waals surface area contributed by atoms with Crippen molar-refractivity contribution >= 4 is 15.9 Å². The van der Waals surface area contributed by atoms with E-state index in [0.29, 0.717) is 4.83 Å². The Hall–Kier alpha value is -0.300. The van der Waals surface area contributed by atoms with E-state index in [1.54, 1.807) is 11.1 Å². The first kappa shape index (κ1) is 10.2. The molecule has 0 fully saturated rings. The minimum atomic E-state index is 0.583. The molecule has 1 atom stereocenters. The van der Waals surface area contributed by atoms with Gasteiger partial charge in [-0.3, -0.25) is 0 Å². The van der Waals surface area contributed by atoms with Crippen molar-refractivity contribution in [3.05, 3.63) is 34.4 Å². The van der Waals surface area contributed by atoms with Crippen molar-refractivity contribution in [2.45, 2.75) is 44.4 Å². The van der Waals surface area contributed by atoms with Gasteiger partial charge in [-0.05, 0) is 55.4 Å². The molecule has 0 spiro atoms. The van der Waals surface area contributed by atoms with Crippen LogP contribution in [0.2, 0.25) is 0 Å². The zero-order valence-electron chi connectivity index (χ0n) is 8.94. The summed E-state index contributed by atoms with van der Waals surface area (Å²) in [5.74, 6) is 0. The highest BCUT2D eigenvalue weighted by Gasteiger charge is 2.19. The molecule has 0 nitrogen and oxygen atoms in total. The van der Waals surface area contributed by atoms with Crippen LogP contribution in [-0.4, -0.2) is 0 Å². The van der Waals surface area contributed by atoms with Gasteiger partial charge in [0.2, 0.25) is 0 Å². The summed E-state index contributed by atoms with van der Waals surface area (Å²) >= 11 is 3.82. The standard InChI is InChI=1S/C13H17Br/c1-9-7-8-10(2)13-11(9)5-3-4-6-12(13)14/h7-8,12H,3-6H2,1-2H3. The van der Waals surface area contributed by atoms with Gasteiger partial charge in [0.1, 0.15) is 0 Å². The smallest absolute Gasteiger partial charge is 0.0400 e. The molecule has 2 rings (SSSR count). The van der Waals surface area contributed by atoms with E-state index in [0.717, 1.165) is 0 Å². The summed E-state index contributed by atoms with van der Waals surface area (Å²) in [6.07, 6.45) is 5.26. The average molecular weight is 253 g/mol. The van der Waals surface area contributed by atoms with Crippen LogP contribution in [0, 0.1) is 13.8 Å². The molecule has 0 aromatic heterocycles. The summed E-state index contributed by atoms with van der Waals surface area (Å²) in [4.78, 5) is 0.583. The third-order valence-corrected chi connectivity index (χ3v) is 4.17. The molecular formula is C13H17Br. The van der Waals surface area contributed by atoms with E-state index in [-0.39, 0.29) is 0 Å². The number of alkyl halides is 1. The third kappa shape index (κ3) is 1.75. The molecule has 0 saturated heterocycles. The number of hydrogen-bond acceptors (Lipinski definition) is 0. The van der Waals surface area contributed by atoms with Crippen molar-refractivity contribution in [2.24, 2.45) is 0 Å². The van der Waals surface area contributed by atoms with E-state index in [9.17, 15) is 0 Å². The maximum atomic E-state index is 3.82. The van der Waals surface area contributed by atoms with Crippen LogP contribution in [0.1, 0.15) is 46.3 Å². The number of rotatable bonds is 0. The van der Waals surface area contributed by atoms with E-state index in [1.807, 2.05) is 0 Å². The maximum absolute atomic E-state index is 3.82. The number of hydrogen-bond donors (Lipinski definition) is 0. The minimum Gasteiger partial charge on any atom is -0.0839 e. The highest BCUT2D eigenvalue weighted by molar-refractivity contribution is 9.09. The van der Waals surface area contributed by atoms with Gasteiger partial charge in [-0.2, -0.15) is 0 Å². The van der Waals surface area contributed by atoms with Gasteiger partial charge in [-0.15, -0.1) is 0 Å². The Balaban J connectivity index is 2.57. The molecule has 1 aromatic carbocycles. The Morgan fingerprint density at radius 2 is 1.86 bits per heavy atom. The molecule has 1 heteroatoms. The van der Waals surface area contributed by atoms with E-state index >= 15 is 0 Å². The van der Waals surface area contributed by atoms with Crippen LogP contribution < -0.4 is 0 Å². The second-order valence-corrected chi connectivity index (χ2v) is 5.41. The van der Waals surface area contributed by atoms with Crippen molar-refractivity contribution in [1.82, 2.24) is 0 Å². The van der Waals surface area contributed by atoms with Crippen molar-refractivity contribution in [3.63, 3.8) is 0 Å². The van der Waals surface area contributed by atoms with E-state index in [2.05, 4.69) is 41.9 Å². The monoisotopic (exact) mass is 252 g/mol. The highest BCUT2D eigenvalue weighted by atomic mass is 79.9. The Bertz CT molecular complexity index is 341. The SMILES string of the molecule is Cc1ccc(C)c2c1CCCCC2Br. The van der Waals surface area contributed by atoms with Crippen LogP contribution in [0.4, 0.5) is 0 Å². The van der Waals surface area contributed by atoms with Crippen molar-refractivity contribution in [3.8, 4) is 0 Å². The van der Waals surface area contributed by atoms with Crippen molar-refractivity contribution < 1.29 is 0 Å². The molecule has 0 heterocycles. The zero-order valence-corrected chi connectivity index (χ0v) is 10.5. The second-order valence-electron chi connectivity index (χ2n) is 4.30. The topological polar surface area (TPSA) is 0 Å². The van der Waals surface area contributed by atoms with Gasteiger partial charge in [-0.1, -0.05) is 34.5 Å². The molecule has 0 saturated carbocycles. The second kappa shape index (κ2) is 4.06. The molecule has 14 heavy (non-hydrogen) atoms. The highest BCUT2D eigenvalue weighted by Crippen LogP contribution is 2.38. The van der Waals surface area contributed by atoms with Crippen LogP contribution in [0.25, 0.3) is 0 Å². The lowest BCUT2D eigenvalue weighted by atomic mass is 9.94. The summed E-state index contributed by atoms with van der Waals surface area (Å²) < 4.78 is 0. The van der Waals surface area contributed by atoms with Gasteiger partial charge in [-0.25, -0.2) is 0 Å². The summed E-state index contributed by atoms with van der Waals surface area (Å²) in [6, 6.07) is 4.52. The molecular weight excluding hydrogens is 236 g/mol. The van der Waals surface area contributed by atoms with Crippen molar-refractivity contribution in [1.29, 1.82) is 0 Å². The van der Waals surface area contributed by atoms with Gasteiger partial charge in [0, 0.05) is 4.83 Å². The molecule has 1 aliphatic rings. The molecule has 1 aromatic rings. The van der Waals surface area contributed by atoms with Crippen LogP contribution in [-0.2, 0) is 6.42 Å². The number of aryl methyl sites for hydroxylation is 2. The largest absolute Gasteiger partial charge is 0.0839 e. The predicted molar refractivity (Wildman–Crippen MR) is 65.1 cm³/mol. The number of halogens is 1. The summed E-state index contributed by atoms with van der Waals surface area (Å²) in [5.41, 5.74) is 6.10. The van der Waals surface area contributed by atoms with E-state index < -0.39 is 0 Å². The molecule has 1 unspecified atom stereocenters.